The molecule has 2 aliphatic heterocycles. The van der Waals surface area contributed by atoms with Gasteiger partial charge in [0.15, 0.2) is 0 Å². The highest BCUT2D eigenvalue weighted by Gasteiger charge is 2.28. The number of aryl methyl sites for hydroxylation is 1. The zero-order valence-electron chi connectivity index (χ0n) is 13.9. The van der Waals surface area contributed by atoms with E-state index in [4.69, 9.17) is 0 Å². The van der Waals surface area contributed by atoms with Gasteiger partial charge < -0.3 is 9.80 Å². The Morgan fingerprint density at radius 2 is 2.17 bits per heavy atom. The molecule has 0 aliphatic carbocycles. The lowest BCUT2D eigenvalue weighted by Gasteiger charge is -2.34. The molecule has 1 aromatic rings. The van der Waals surface area contributed by atoms with E-state index < -0.39 is 0 Å². The Balaban J connectivity index is 1.60. The maximum atomic E-state index is 12.6. The molecule has 0 radical (unpaired) electrons. The first-order valence-electron chi connectivity index (χ1n) is 8.70. The fourth-order valence-corrected chi connectivity index (χ4v) is 3.68. The van der Waals surface area contributed by atoms with Crippen molar-refractivity contribution in [3.63, 3.8) is 0 Å². The van der Waals surface area contributed by atoms with E-state index in [1.165, 1.54) is 0 Å². The van der Waals surface area contributed by atoms with E-state index in [9.17, 15) is 9.59 Å². The summed E-state index contributed by atoms with van der Waals surface area (Å²) in [6.07, 6.45) is 7.55. The number of hydrogen-bond acceptors (Lipinski definition) is 3. The number of piperidine rings is 1. The zero-order chi connectivity index (χ0) is 16.2. The van der Waals surface area contributed by atoms with Crippen LogP contribution < -0.4 is 0 Å². The lowest BCUT2D eigenvalue weighted by molar-refractivity contribution is -0.140. The number of amides is 2. The van der Waals surface area contributed by atoms with Crippen molar-refractivity contribution in [1.29, 1.82) is 0 Å². The van der Waals surface area contributed by atoms with Crippen molar-refractivity contribution >= 4 is 11.8 Å². The average Bonchev–Trinajstić information content (AvgIpc) is 2.89. The Morgan fingerprint density at radius 3 is 2.96 bits per heavy atom. The van der Waals surface area contributed by atoms with Gasteiger partial charge in [0.05, 0.1) is 12.7 Å². The lowest BCUT2D eigenvalue weighted by Crippen LogP contribution is -2.46. The summed E-state index contributed by atoms with van der Waals surface area (Å²) in [7, 11) is 0. The Labute approximate surface area is 137 Å². The van der Waals surface area contributed by atoms with Crippen molar-refractivity contribution in [3.8, 4) is 0 Å². The van der Waals surface area contributed by atoms with Gasteiger partial charge in [-0.3, -0.25) is 14.7 Å². The van der Waals surface area contributed by atoms with Crippen LogP contribution in [-0.2, 0) is 9.59 Å². The third kappa shape index (κ3) is 3.74. The van der Waals surface area contributed by atoms with Crippen LogP contribution in [0.15, 0.2) is 6.20 Å². The molecule has 3 rings (SSSR count). The molecule has 0 aromatic carbocycles. The smallest absolute Gasteiger partial charge is 0.242 e. The van der Waals surface area contributed by atoms with Gasteiger partial charge in [-0.15, -0.1) is 0 Å². The topological polar surface area (TPSA) is 69.3 Å². The third-order valence-corrected chi connectivity index (χ3v) is 5.05. The van der Waals surface area contributed by atoms with Crippen LogP contribution in [0.1, 0.15) is 55.7 Å². The molecule has 2 fully saturated rings. The summed E-state index contributed by atoms with van der Waals surface area (Å²) in [4.78, 5) is 28.4. The largest absolute Gasteiger partial charge is 0.340 e. The standard InChI is InChI=1S/C17H26N4O2/c1-13-10-18-19-17(13)14-6-5-9-20(11-14)16(23)12-21-8-4-2-3-7-15(21)22/h10,14H,2-9,11-12H2,1H3,(H,18,19). The average molecular weight is 318 g/mol. The molecule has 2 amide bonds. The Morgan fingerprint density at radius 1 is 1.30 bits per heavy atom. The molecule has 23 heavy (non-hydrogen) atoms. The molecule has 1 aromatic heterocycles. The van der Waals surface area contributed by atoms with Crippen molar-refractivity contribution in [2.24, 2.45) is 0 Å². The molecule has 2 saturated heterocycles. The number of hydrogen-bond donors (Lipinski definition) is 1. The van der Waals surface area contributed by atoms with Gasteiger partial charge in [0.1, 0.15) is 0 Å². The van der Waals surface area contributed by atoms with Gasteiger partial charge in [-0.1, -0.05) is 6.42 Å². The van der Waals surface area contributed by atoms with E-state index in [1.807, 2.05) is 11.1 Å². The molecule has 2 aliphatic rings. The molecular weight excluding hydrogens is 292 g/mol. The van der Waals surface area contributed by atoms with Crippen LogP contribution in [0, 0.1) is 6.92 Å². The molecular formula is C17H26N4O2. The molecule has 0 saturated carbocycles. The first-order valence-corrected chi connectivity index (χ1v) is 8.70. The minimum atomic E-state index is 0.0853. The second kappa shape index (κ2) is 7.15. The van der Waals surface area contributed by atoms with E-state index >= 15 is 0 Å². The summed E-state index contributed by atoms with van der Waals surface area (Å²) >= 11 is 0. The number of aromatic amines is 1. The van der Waals surface area contributed by atoms with Crippen molar-refractivity contribution in [3.05, 3.63) is 17.5 Å². The highest BCUT2D eigenvalue weighted by atomic mass is 16.2. The number of H-pyrrole nitrogens is 1. The number of nitrogens with one attached hydrogen (secondary N) is 1. The number of rotatable bonds is 3. The first-order chi connectivity index (χ1) is 11.1. The van der Waals surface area contributed by atoms with Gasteiger partial charge in [0, 0.05) is 37.7 Å². The minimum absolute atomic E-state index is 0.0853. The molecule has 1 N–H and O–H groups in total. The van der Waals surface area contributed by atoms with E-state index in [1.54, 1.807) is 4.90 Å². The molecule has 0 spiro atoms. The van der Waals surface area contributed by atoms with E-state index in [-0.39, 0.29) is 18.4 Å². The van der Waals surface area contributed by atoms with Crippen molar-refractivity contribution < 1.29 is 9.59 Å². The highest BCUT2D eigenvalue weighted by Crippen LogP contribution is 2.27. The molecule has 1 unspecified atom stereocenters. The maximum absolute atomic E-state index is 12.6. The fourth-order valence-electron chi connectivity index (χ4n) is 3.68. The van der Waals surface area contributed by atoms with E-state index in [0.717, 1.165) is 63.0 Å². The van der Waals surface area contributed by atoms with Gasteiger partial charge in [-0.25, -0.2) is 0 Å². The SMILES string of the molecule is Cc1cn[nH]c1C1CCCN(C(=O)CN2CCCCCC2=O)C1. The summed E-state index contributed by atoms with van der Waals surface area (Å²) in [6.45, 7) is 4.54. The molecule has 6 nitrogen and oxygen atoms in total. The van der Waals surface area contributed by atoms with Crippen LogP contribution in [0.3, 0.4) is 0 Å². The van der Waals surface area contributed by atoms with Gasteiger partial charge in [-0.2, -0.15) is 5.10 Å². The summed E-state index contributed by atoms with van der Waals surface area (Å²) in [5.41, 5.74) is 2.31. The Hall–Kier alpha value is -1.85. The molecule has 126 valence electrons. The van der Waals surface area contributed by atoms with Crippen LogP contribution in [0.5, 0.6) is 0 Å². The van der Waals surface area contributed by atoms with Crippen molar-refractivity contribution in [2.75, 3.05) is 26.2 Å². The summed E-state index contributed by atoms with van der Waals surface area (Å²) in [6, 6.07) is 0. The van der Waals surface area contributed by atoms with Gasteiger partial charge in [0.25, 0.3) is 0 Å². The molecule has 6 heteroatoms. The van der Waals surface area contributed by atoms with Crippen LogP contribution in [0.25, 0.3) is 0 Å². The van der Waals surface area contributed by atoms with Crippen LogP contribution in [-0.4, -0.2) is 58.0 Å². The number of likely N-dealkylation sites (tertiary alicyclic amines) is 2. The van der Waals surface area contributed by atoms with Gasteiger partial charge in [-0.05, 0) is 38.2 Å². The molecule has 1 atom stereocenters. The minimum Gasteiger partial charge on any atom is -0.340 e. The Kier molecular flexibility index (Phi) is 4.98. The van der Waals surface area contributed by atoms with E-state index in [2.05, 4.69) is 17.1 Å². The monoisotopic (exact) mass is 318 g/mol. The van der Waals surface area contributed by atoms with Crippen molar-refractivity contribution in [2.45, 2.75) is 51.4 Å². The van der Waals surface area contributed by atoms with Crippen LogP contribution in [0.4, 0.5) is 0 Å². The fraction of sp³-hybridized carbons (Fsp3) is 0.706. The molecule has 3 heterocycles. The van der Waals surface area contributed by atoms with Crippen LogP contribution >= 0.6 is 0 Å². The third-order valence-electron chi connectivity index (χ3n) is 5.05. The quantitative estimate of drug-likeness (QED) is 0.924. The lowest BCUT2D eigenvalue weighted by atomic mass is 9.93. The summed E-state index contributed by atoms with van der Waals surface area (Å²) in [5, 5.41) is 7.18. The van der Waals surface area contributed by atoms with E-state index in [0.29, 0.717) is 12.3 Å². The predicted molar refractivity (Wildman–Crippen MR) is 86.9 cm³/mol. The van der Waals surface area contributed by atoms with Gasteiger partial charge in [0.2, 0.25) is 11.8 Å². The zero-order valence-corrected chi connectivity index (χ0v) is 13.9. The highest BCUT2D eigenvalue weighted by molar-refractivity contribution is 5.85. The number of carbonyl (C=O) groups excluding carboxylic acids is 2. The van der Waals surface area contributed by atoms with Gasteiger partial charge >= 0.3 is 0 Å². The maximum Gasteiger partial charge on any atom is 0.242 e. The second-order valence-corrected chi connectivity index (χ2v) is 6.77. The predicted octanol–water partition coefficient (Wildman–Crippen LogP) is 1.83. The summed E-state index contributed by atoms with van der Waals surface area (Å²) in [5.74, 6) is 0.547. The number of aromatic nitrogens is 2. The van der Waals surface area contributed by atoms with Crippen LogP contribution in [0.2, 0.25) is 0 Å². The number of nitrogens with zero attached hydrogens (tertiary/aromatic N) is 3. The second-order valence-electron chi connectivity index (χ2n) is 6.77. The first kappa shape index (κ1) is 16.0. The van der Waals surface area contributed by atoms with Crippen molar-refractivity contribution in [1.82, 2.24) is 20.0 Å². The summed E-state index contributed by atoms with van der Waals surface area (Å²) < 4.78 is 0. The molecule has 0 bridgehead atoms. The number of carbonyl (C=O) groups is 2. The normalized spacial score (nSPS) is 23.0. The Bertz CT molecular complexity index is 569.